The molecule has 1 aliphatic heterocycles. The van der Waals surface area contributed by atoms with Crippen molar-refractivity contribution in [3.63, 3.8) is 0 Å². The zero-order valence-electron chi connectivity index (χ0n) is 9.05. The van der Waals surface area contributed by atoms with Gasteiger partial charge in [0.2, 0.25) is 0 Å². The second-order valence-corrected chi connectivity index (χ2v) is 4.85. The van der Waals surface area contributed by atoms with Crippen molar-refractivity contribution in [3.05, 3.63) is 0 Å². The van der Waals surface area contributed by atoms with E-state index in [1.807, 2.05) is 0 Å². The van der Waals surface area contributed by atoms with Gasteiger partial charge in [0.15, 0.2) is 0 Å². The maximum absolute atomic E-state index is 5.14. The number of nitrogens with two attached hydrogens (primary N) is 1. The maximum atomic E-state index is 5.14. The van der Waals surface area contributed by atoms with Crippen molar-refractivity contribution in [1.29, 1.82) is 0 Å². The zero-order chi connectivity index (χ0) is 9.90. The van der Waals surface area contributed by atoms with Crippen LogP contribution in [0.1, 0.15) is 40.0 Å². The topological polar surface area (TPSA) is 38.5 Å². The fourth-order valence-corrected chi connectivity index (χ4v) is 2.17. The standard InChI is InChI=1S/C10H22N2O/c1-10(2,3)12-7-5-4-6-9(12)8-13-11/h9H,4-8,11H2,1-3H3. The van der Waals surface area contributed by atoms with Gasteiger partial charge in [-0.2, -0.15) is 0 Å². The lowest BCUT2D eigenvalue weighted by atomic mass is 9.95. The van der Waals surface area contributed by atoms with E-state index in [9.17, 15) is 0 Å². The predicted octanol–water partition coefficient (Wildman–Crippen LogP) is 1.53. The van der Waals surface area contributed by atoms with Crippen LogP contribution in [0.15, 0.2) is 0 Å². The molecule has 2 N–H and O–H groups in total. The average molecular weight is 186 g/mol. The second kappa shape index (κ2) is 4.40. The van der Waals surface area contributed by atoms with E-state index in [1.54, 1.807) is 0 Å². The number of hydrogen-bond donors (Lipinski definition) is 1. The Balaban J connectivity index is 2.56. The minimum Gasteiger partial charge on any atom is -0.303 e. The quantitative estimate of drug-likeness (QED) is 0.665. The summed E-state index contributed by atoms with van der Waals surface area (Å²) in [5.41, 5.74) is 0.240. The molecule has 1 heterocycles. The highest BCUT2D eigenvalue weighted by Crippen LogP contribution is 2.25. The molecule has 0 aromatic heterocycles. The number of likely N-dealkylation sites (tertiary alicyclic amines) is 1. The number of rotatable bonds is 2. The Morgan fingerprint density at radius 1 is 1.38 bits per heavy atom. The first-order valence-corrected chi connectivity index (χ1v) is 5.14. The highest BCUT2D eigenvalue weighted by Gasteiger charge is 2.30. The summed E-state index contributed by atoms with van der Waals surface area (Å²) in [6.07, 6.45) is 3.83. The minimum atomic E-state index is 0.240. The van der Waals surface area contributed by atoms with Crippen LogP contribution in [0.25, 0.3) is 0 Å². The molecule has 1 fully saturated rings. The molecule has 13 heavy (non-hydrogen) atoms. The maximum Gasteiger partial charge on any atom is 0.0834 e. The van der Waals surface area contributed by atoms with Crippen LogP contribution >= 0.6 is 0 Å². The molecule has 0 amide bonds. The van der Waals surface area contributed by atoms with Crippen molar-refractivity contribution in [1.82, 2.24) is 4.90 Å². The molecule has 1 saturated heterocycles. The van der Waals surface area contributed by atoms with Crippen LogP contribution in [-0.2, 0) is 4.84 Å². The summed E-state index contributed by atoms with van der Waals surface area (Å²) in [5.74, 6) is 5.14. The van der Waals surface area contributed by atoms with Gasteiger partial charge < -0.3 is 4.84 Å². The van der Waals surface area contributed by atoms with Crippen LogP contribution in [0.2, 0.25) is 0 Å². The Labute approximate surface area is 81.2 Å². The van der Waals surface area contributed by atoms with Crippen molar-refractivity contribution in [3.8, 4) is 0 Å². The van der Waals surface area contributed by atoms with E-state index in [1.165, 1.54) is 25.8 Å². The third-order valence-corrected chi connectivity index (χ3v) is 2.78. The number of piperidine rings is 1. The van der Waals surface area contributed by atoms with Gasteiger partial charge in [0, 0.05) is 11.6 Å². The van der Waals surface area contributed by atoms with Gasteiger partial charge >= 0.3 is 0 Å². The van der Waals surface area contributed by atoms with Crippen molar-refractivity contribution in [2.24, 2.45) is 5.90 Å². The lowest BCUT2D eigenvalue weighted by Crippen LogP contribution is -2.52. The Morgan fingerprint density at radius 3 is 2.62 bits per heavy atom. The molecule has 0 aliphatic carbocycles. The summed E-state index contributed by atoms with van der Waals surface area (Å²) in [5, 5.41) is 0. The van der Waals surface area contributed by atoms with Gasteiger partial charge in [-0.15, -0.1) is 0 Å². The van der Waals surface area contributed by atoms with Crippen molar-refractivity contribution >= 4 is 0 Å². The molecule has 0 spiro atoms. The molecule has 1 unspecified atom stereocenters. The van der Waals surface area contributed by atoms with E-state index in [0.717, 1.165) is 0 Å². The molecule has 1 rings (SSSR count). The van der Waals surface area contributed by atoms with Crippen LogP contribution in [0.5, 0.6) is 0 Å². The fourth-order valence-electron chi connectivity index (χ4n) is 2.17. The van der Waals surface area contributed by atoms with Crippen LogP contribution in [0.3, 0.4) is 0 Å². The monoisotopic (exact) mass is 186 g/mol. The Bertz CT molecular complexity index is 151. The number of nitrogens with zero attached hydrogens (tertiary/aromatic N) is 1. The fraction of sp³-hybridized carbons (Fsp3) is 1.00. The summed E-state index contributed by atoms with van der Waals surface area (Å²) < 4.78 is 0. The van der Waals surface area contributed by atoms with Gasteiger partial charge in [0.25, 0.3) is 0 Å². The minimum absolute atomic E-state index is 0.240. The summed E-state index contributed by atoms with van der Waals surface area (Å²) in [6, 6.07) is 0.513. The molecule has 3 heteroatoms. The van der Waals surface area contributed by atoms with Crippen molar-refractivity contribution in [2.75, 3.05) is 13.2 Å². The highest BCUT2D eigenvalue weighted by atomic mass is 16.6. The third kappa shape index (κ3) is 2.93. The summed E-state index contributed by atoms with van der Waals surface area (Å²) in [4.78, 5) is 7.27. The lowest BCUT2D eigenvalue weighted by Gasteiger charge is -2.44. The SMILES string of the molecule is CC(C)(C)N1CCCCC1CON. The van der Waals surface area contributed by atoms with Gasteiger partial charge in [-0.3, -0.25) is 4.90 Å². The highest BCUT2D eigenvalue weighted by molar-refractivity contribution is 4.85. The summed E-state index contributed by atoms with van der Waals surface area (Å²) in [6.45, 7) is 8.60. The van der Waals surface area contributed by atoms with Gasteiger partial charge in [-0.25, -0.2) is 5.90 Å². The van der Waals surface area contributed by atoms with E-state index in [0.29, 0.717) is 12.6 Å². The first-order valence-electron chi connectivity index (χ1n) is 5.14. The zero-order valence-corrected chi connectivity index (χ0v) is 9.05. The van der Waals surface area contributed by atoms with Gasteiger partial charge in [-0.1, -0.05) is 6.42 Å². The summed E-state index contributed by atoms with van der Waals surface area (Å²) >= 11 is 0. The van der Waals surface area contributed by atoms with E-state index < -0.39 is 0 Å². The Hall–Kier alpha value is -0.120. The number of hydrogen-bond acceptors (Lipinski definition) is 3. The summed E-state index contributed by atoms with van der Waals surface area (Å²) in [7, 11) is 0. The lowest BCUT2D eigenvalue weighted by molar-refractivity contribution is -0.00640. The largest absolute Gasteiger partial charge is 0.303 e. The van der Waals surface area contributed by atoms with Crippen molar-refractivity contribution in [2.45, 2.75) is 51.6 Å². The van der Waals surface area contributed by atoms with Crippen LogP contribution in [0, 0.1) is 0 Å². The van der Waals surface area contributed by atoms with E-state index in [-0.39, 0.29) is 5.54 Å². The molecule has 3 nitrogen and oxygen atoms in total. The van der Waals surface area contributed by atoms with Crippen LogP contribution in [0.4, 0.5) is 0 Å². The molecular formula is C10H22N2O. The third-order valence-electron chi connectivity index (χ3n) is 2.78. The first-order chi connectivity index (χ1) is 6.05. The van der Waals surface area contributed by atoms with Gasteiger partial charge in [0.05, 0.1) is 6.61 Å². The van der Waals surface area contributed by atoms with E-state index in [2.05, 4.69) is 25.7 Å². The Morgan fingerprint density at radius 2 is 2.08 bits per heavy atom. The smallest absolute Gasteiger partial charge is 0.0834 e. The van der Waals surface area contributed by atoms with Crippen molar-refractivity contribution < 1.29 is 4.84 Å². The van der Waals surface area contributed by atoms with Gasteiger partial charge in [0.1, 0.15) is 0 Å². The molecule has 78 valence electrons. The average Bonchev–Trinajstić information content (AvgIpc) is 2.04. The molecule has 0 aromatic rings. The van der Waals surface area contributed by atoms with Gasteiger partial charge in [-0.05, 0) is 40.2 Å². The molecule has 0 aromatic carbocycles. The van der Waals surface area contributed by atoms with Crippen LogP contribution in [-0.4, -0.2) is 29.6 Å². The van der Waals surface area contributed by atoms with Crippen LogP contribution < -0.4 is 5.90 Å². The van der Waals surface area contributed by atoms with E-state index in [4.69, 9.17) is 10.7 Å². The second-order valence-electron chi connectivity index (χ2n) is 4.85. The predicted molar refractivity (Wildman–Crippen MR) is 54.2 cm³/mol. The molecular weight excluding hydrogens is 164 g/mol. The Kier molecular flexibility index (Phi) is 3.71. The van der Waals surface area contributed by atoms with E-state index >= 15 is 0 Å². The molecule has 0 saturated carbocycles. The molecule has 0 bridgehead atoms. The molecule has 1 aliphatic rings. The normalized spacial score (nSPS) is 26.3. The first kappa shape index (κ1) is 11.0. The molecule has 1 atom stereocenters. The molecule has 0 radical (unpaired) electrons.